The van der Waals surface area contributed by atoms with Crippen molar-refractivity contribution in [3.05, 3.63) is 24.3 Å². The van der Waals surface area contributed by atoms with E-state index < -0.39 is 10.0 Å². The van der Waals surface area contributed by atoms with E-state index in [0.29, 0.717) is 19.5 Å². The van der Waals surface area contributed by atoms with Crippen molar-refractivity contribution < 1.29 is 13.2 Å². The van der Waals surface area contributed by atoms with Crippen molar-refractivity contribution in [1.29, 1.82) is 0 Å². The van der Waals surface area contributed by atoms with Crippen molar-refractivity contribution in [2.45, 2.75) is 30.7 Å². The molecule has 1 fully saturated rings. The Kier molecular flexibility index (Phi) is 4.97. The van der Waals surface area contributed by atoms with Crippen LogP contribution in [0, 0.1) is 0 Å². The zero-order valence-electron chi connectivity index (χ0n) is 12.3. The first kappa shape index (κ1) is 15.9. The Morgan fingerprint density at radius 3 is 2.48 bits per heavy atom. The number of hydrogen-bond donors (Lipinski definition) is 2. The summed E-state index contributed by atoms with van der Waals surface area (Å²) in [6.07, 6.45) is 1.41. The van der Waals surface area contributed by atoms with Gasteiger partial charge < -0.3 is 10.2 Å². The van der Waals surface area contributed by atoms with E-state index in [2.05, 4.69) is 10.0 Å². The molecule has 0 radical (unpaired) electrons. The molecule has 1 heterocycles. The first-order chi connectivity index (χ1) is 9.94. The molecule has 0 aromatic heterocycles. The van der Waals surface area contributed by atoms with E-state index in [0.717, 1.165) is 12.1 Å². The molecule has 7 heteroatoms. The predicted molar refractivity (Wildman–Crippen MR) is 81.7 cm³/mol. The third kappa shape index (κ3) is 3.81. The monoisotopic (exact) mass is 311 g/mol. The minimum Gasteiger partial charge on any atom is -0.316 e. The maximum absolute atomic E-state index is 12.1. The van der Waals surface area contributed by atoms with Crippen molar-refractivity contribution in [3.63, 3.8) is 0 Å². The Morgan fingerprint density at radius 2 is 1.95 bits per heavy atom. The zero-order valence-corrected chi connectivity index (χ0v) is 13.1. The van der Waals surface area contributed by atoms with Crippen molar-refractivity contribution in [2.75, 3.05) is 25.0 Å². The van der Waals surface area contributed by atoms with E-state index in [1.165, 1.54) is 12.1 Å². The van der Waals surface area contributed by atoms with Gasteiger partial charge in [0.15, 0.2) is 0 Å². The standard InChI is InChI=1S/C14H21N3O3S/c1-11(15-2)10-16-21(19,20)13-7-5-12(6-8-13)17-9-3-4-14(17)18/h5-8,11,15-16H,3-4,9-10H2,1-2H3. The fourth-order valence-electron chi connectivity index (χ4n) is 2.15. The highest BCUT2D eigenvalue weighted by Gasteiger charge is 2.22. The second-order valence-electron chi connectivity index (χ2n) is 5.18. The van der Waals surface area contributed by atoms with Gasteiger partial charge in [0.05, 0.1) is 4.90 Å². The molecule has 6 nitrogen and oxygen atoms in total. The van der Waals surface area contributed by atoms with Crippen LogP contribution in [0.3, 0.4) is 0 Å². The average molecular weight is 311 g/mol. The number of benzene rings is 1. The molecule has 1 atom stereocenters. The first-order valence-electron chi connectivity index (χ1n) is 7.01. The Morgan fingerprint density at radius 1 is 1.29 bits per heavy atom. The molecule has 0 saturated carbocycles. The Labute approximate surface area is 125 Å². The SMILES string of the molecule is CNC(C)CNS(=O)(=O)c1ccc(N2CCCC2=O)cc1. The lowest BCUT2D eigenvalue weighted by Gasteiger charge is -2.16. The van der Waals surface area contributed by atoms with E-state index in [-0.39, 0.29) is 16.8 Å². The summed E-state index contributed by atoms with van der Waals surface area (Å²) >= 11 is 0. The van der Waals surface area contributed by atoms with Gasteiger partial charge in [0.1, 0.15) is 0 Å². The molecular formula is C14H21N3O3S. The van der Waals surface area contributed by atoms with Gasteiger partial charge in [-0.25, -0.2) is 13.1 Å². The quantitative estimate of drug-likeness (QED) is 0.810. The van der Waals surface area contributed by atoms with Gasteiger partial charge in [0, 0.05) is 31.2 Å². The van der Waals surface area contributed by atoms with E-state index in [9.17, 15) is 13.2 Å². The van der Waals surface area contributed by atoms with Gasteiger partial charge in [0.2, 0.25) is 15.9 Å². The van der Waals surface area contributed by atoms with Crippen LogP contribution in [-0.2, 0) is 14.8 Å². The van der Waals surface area contributed by atoms with Gasteiger partial charge in [-0.1, -0.05) is 0 Å². The van der Waals surface area contributed by atoms with Gasteiger partial charge in [-0.2, -0.15) is 0 Å². The van der Waals surface area contributed by atoms with Crippen LogP contribution in [0.2, 0.25) is 0 Å². The predicted octanol–water partition coefficient (Wildman–Crippen LogP) is 0.700. The Bertz CT molecular complexity index is 598. The highest BCUT2D eigenvalue weighted by atomic mass is 32.2. The number of nitrogens with one attached hydrogen (secondary N) is 2. The molecule has 1 aliphatic rings. The summed E-state index contributed by atoms with van der Waals surface area (Å²) in [5.74, 6) is 0.0894. The number of sulfonamides is 1. The summed E-state index contributed by atoms with van der Waals surface area (Å²) in [4.78, 5) is 13.6. The van der Waals surface area contributed by atoms with Crippen LogP contribution < -0.4 is 14.9 Å². The topological polar surface area (TPSA) is 78.5 Å². The van der Waals surface area contributed by atoms with Gasteiger partial charge >= 0.3 is 0 Å². The largest absolute Gasteiger partial charge is 0.316 e. The molecule has 1 aromatic carbocycles. The number of rotatable bonds is 6. The highest BCUT2D eigenvalue weighted by Crippen LogP contribution is 2.22. The van der Waals surface area contributed by atoms with Crippen LogP contribution in [0.1, 0.15) is 19.8 Å². The molecule has 2 N–H and O–H groups in total. The number of amides is 1. The van der Waals surface area contributed by atoms with Crippen LogP contribution in [0.5, 0.6) is 0 Å². The second kappa shape index (κ2) is 6.55. The summed E-state index contributed by atoms with van der Waals surface area (Å²) in [6.45, 7) is 2.92. The number of hydrogen-bond acceptors (Lipinski definition) is 4. The molecular weight excluding hydrogens is 290 g/mol. The second-order valence-corrected chi connectivity index (χ2v) is 6.95. The molecule has 2 rings (SSSR count). The first-order valence-corrected chi connectivity index (χ1v) is 8.50. The maximum Gasteiger partial charge on any atom is 0.240 e. The Hall–Kier alpha value is -1.44. The lowest BCUT2D eigenvalue weighted by Crippen LogP contribution is -2.37. The minimum atomic E-state index is -3.51. The highest BCUT2D eigenvalue weighted by molar-refractivity contribution is 7.89. The van der Waals surface area contributed by atoms with Crippen LogP contribution in [0.15, 0.2) is 29.2 Å². The van der Waals surface area contributed by atoms with E-state index in [1.54, 1.807) is 24.1 Å². The molecule has 0 aliphatic carbocycles. The van der Waals surface area contributed by atoms with Crippen molar-refractivity contribution in [3.8, 4) is 0 Å². The lowest BCUT2D eigenvalue weighted by atomic mass is 10.3. The number of likely N-dealkylation sites (N-methyl/N-ethyl adjacent to an activating group) is 1. The van der Waals surface area contributed by atoms with E-state index >= 15 is 0 Å². The average Bonchev–Trinajstić information content (AvgIpc) is 2.91. The third-order valence-corrected chi connectivity index (χ3v) is 5.04. The normalized spacial score (nSPS) is 17.2. The smallest absolute Gasteiger partial charge is 0.240 e. The molecule has 0 spiro atoms. The summed E-state index contributed by atoms with van der Waals surface area (Å²) in [5, 5.41) is 2.97. The summed E-state index contributed by atoms with van der Waals surface area (Å²) in [6, 6.07) is 6.49. The minimum absolute atomic E-state index is 0.0567. The van der Waals surface area contributed by atoms with Crippen LogP contribution in [0.25, 0.3) is 0 Å². The number of carbonyl (C=O) groups is 1. The molecule has 21 heavy (non-hydrogen) atoms. The van der Waals surface area contributed by atoms with Gasteiger partial charge in [-0.05, 0) is 44.7 Å². The van der Waals surface area contributed by atoms with Crippen molar-refractivity contribution in [2.24, 2.45) is 0 Å². The van der Waals surface area contributed by atoms with Gasteiger partial charge in [-0.3, -0.25) is 4.79 Å². The fourth-order valence-corrected chi connectivity index (χ4v) is 3.28. The molecule has 1 unspecified atom stereocenters. The molecule has 116 valence electrons. The van der Waals surface area contributed by atoms with Gasteiger partial charge in [0.25, 0.3) is 0 Å². The van der Waals surface area contributed by atoms with Crippen LogP contribution >= 0.6 is 0 Å². The number of carbonyl (C=O) groups excluding carboxylic acids is 1. The third-order valence-electron chi connectivity index (χ3n) is 3.60. The summed E-state index contributed by atoms with van der Waals surface area (Å²) in [7, 11) is -1.73. The zero-order chi connectivity index (χ0) is 15.5. The summed E-state index contributed by atoms with van der Waals surface area (Å²) < 4.78 is 26.8. The van der Waals surface area contributed by atoms with Gasteiger partial charge in [-0.15, -0.1) is 0 Å². The molecule has 1 aliphatic heterocycles. The maximum atomic E-state index is 12.1. The Balaban J connectivity index is 2.09. The molecule has 1 saturated heterocycles. The van der Waals surface area contributed by atoms with Crippen LogP contribution in [-0.4, -0.2) is 40.5 Å². The fraction of sp³-hybridized carbons (Fsp3) is 0.500. The van der Waals surface area contributed by atoms with Crippen LogP contribution in [0.4, 0.5) is 5.69 Å². The summed E-state index contributed by atoms with van der Waals surface area (Å²) in [5.41, 5.74) is 0.750. The molecule has 1 aromatic rings. The van der Waals surface area contributed by atoms with Crippen molar-refractivity contribution >= 4 is 21.6 Å². The lowest BCUT2D eigenvalue weighted by molar-refractivity contribution is -0.117. The van der Waals surface area contributed by atoms with E-state index in [1.807, 2.05) is 6.92 Å². The number of anilines is 1. The number of nitrogens with zero attached hydrogens (tertiary/aromatic N) is 1. The van der Waals surface area contributed by atoms with Crippen molar-refractivity contribution in [1.82, 2.24) is 10.0 Å². The van der Waals surface area contributed by atoms with E-state index in [4.69, 9.17) is 0 Å². The molecule has 1 amide bonds. The molecule has 0 bridgehead atoms.